The van der Waals surface area contributed by atoms with Gasteiger partial charge in [0.2, 0.25) is 11.8 Å². The lowest BCUT2D eigenvalue weighted by Crippen LogP contribution is -2.45. The Labute approximate surface area is 189 Å². The Morgan fingerprint density at radius 3 is 2.25 bits per heavy atom. The number of aromatic nitrogens is 4. The molecule has 0 aliphatic carbocycles. The fourth-order valence-electron chi connectivity index (χ4n) is 4.64. The minimum absolute atomic E-state index is 0.0956. The molecular formula is C23H33N7O2. The van der Waals surface area contributed by atoms with E-state index in [9.17, 15) is 9.59 Å². The molecule has 172 valence electrons. The highest BCUT2D eigenvalue weighted by molar-refractivity contribution is 5.91. The van der Waals surface area contributed by atoms with Crippen LogP contribution in [0.4, 0.5) is 5.82 Å². The van der Waals surface area contributed by atoms with Gasteiger partial charge >= 0.3 is 0 Å². The molecule has 2 saturated heterocycles. The molecule has 2 aromatic heterocycles. The van der Waals surface area contributed by atoms with Gasteiger partial charge in [-0.15, -0.1) is 0 Å². The third kappa shape index (κ3) is 5.32. The molecule has 0 bridgehead atoms. The number of hydrogen-bond donors (Lipinski definition) is 1. The second-order valence-electron chi connectivity index (χ2n) is 9.02. The summed E-state index contributed by atoms with van der Waals surface area (Å²) in [6, 6.07) is 3.72. The predicted molar refractivity (Wildman–Crippen MR) is 122 cm³/mol. The molecule has 1 N–H and O–H groups in total. The number of nitrogens with one attached hydrogen (secondary N) is 1. The molecule has 0 aromatic carbocycles. The molecule has 2 fully saturated rings. The van der Waals surface area contributed by atoms with Crippen molar-refractivity contribution in [2.45, 2.75) is 52.9 Å². The largest absolute Gasteiger partial charge is 0.342 e. The summed E-state index contributed by atoms with van der Waals surface area (Å²) in [7, 11) is 0. The van der Waals surface area contributed by atoms with Gasteiger partial charge in [-0.05, 0) is 72.0 Å². The number of carbonyl (C=O) groups is 2. The Kier molecular flexibility index (Phi) is 6.83. The topological polar surface area (TPSA) is 96.2 Å². The number of anilines is 1. The van der Waals surface area contributed by atoms with Crippen molar-refractivity contribution in [1.82, 2.24) is 29.5 Å². The highest BCUT2D eigenvalue weighted by atomic mass is 16.2. The predicted octanol–water partition coefficient (Wildman–Crippen LogP) is 2.25. The number of hydrogen-bond acceptors (Lipinski definition) is 6. The van der Waals surface area contributed by atoms with Crippen molar-refractivity contribution in [3.8, 4) is 5.95 Å². The molecule has 9 heteroatoms. The molecule has 0 spiro atoms. The average molecular weight is 440 g/mol. The Hall–Kier alpha value is -2.81. The minimum atomic E-state index is -0.101. The van der Waals surface area contributed by atoms with E-state index in [1.54, 1.807) is 4.68 Å². The normalized spacial score (nSPS) is 18.0. The summed E-state index contributed by atoms with van der Waals surface area (Å²) in [5.74, 6) is 1.31. The maximum atomic E-state index is 12.8. The van der Waals surface area contributed by atoms with E-state index >= 15 is 0 Å². The molecule has 2 aliphatic heterocycles. The van der Waals surface area contributed by atoms with Crippen molar-refractivity contribution >= 4 is 17.6 Å². The van der Waals surface area contributed by atoms with Gasteiger partial charge in [-0.1, -0.05) is 0 Å². The smallest absolute Gasteiger partial charge is 0.252 e. The Balaban J connectivity index is 1.33. The van der Waals surface area contributed by atoms with Gasteiger partial charge in [0.05, 0.1) is 12.2 Å². The zero-order valence-electron chi connectivity index (χ0n) is 19.3. The zero-order valence-corrected chi connectivity index (χ0v) is 19.3. The Morgan fingerprint density at radius 2 is 1.59 bits per heavy atom. The van der Waals surface area contributed by atoms with E-state index in [1.807, 2.05) is 37.8 Å². The van der Waals surface area contributed by atoms with Gasteiger partial charge in [-0.25, -0.2) is 9.97 Å². The molecule has 0 atom stereocenters. The van der Waals surface area contributed by atoms with Crippen LogP contribution in [0.1, 0.15) is 49.2 Å². The maximum Gasteiger partial charge on any atom is 0.252 e. The van der Waals surface area contributed by atoms with Crippen molar-refractivity contribution in [3.05, 3.63) is 29.2 Å². The number of nitrogens with zero attached hydrogens (tertiary/aromatic N) is 6. The van der Waals surface area contributed by atoms with Crippen LogP contribution in [0, 0.1) is 26.7 Å². The van der Waals surface area contributed by atoms with Gasteiger partial charge in [0.1, 0.15) is 5.82 Å². The molecule has 4 rings (SSSR count). The van der Waals surface area contributed by atoms with Crippen molar-refractivity contribution in [3.63, 3.8) is 0 Å². The van der Waals surface area contributed by atoms with Crippen LogP contribution < -0.4 is 5.32 Å². The molecule has 32 heavy (non-hydrogen) atoms. The number of rotatable bonds is 5. The fourth-order valence-corrected chi connectivity index (χ4v) is 4.64. The van der Waals surface area contributed by atoms with Crippen LogP contribution in [0.5, 0.6) is 0 Å². The van der Waals surface area contributed by atoms with Crippen molar-refractivity contribution in [2.24, 2.45) is 5.92 Å². The third-order valence-electron chi connectivity index (χ3n) is 6.23. The van der Waals surface area contributed by atoms with Gasteiger partial charge in [-0.3, -0.25) is 14.5 Å². The van der Waals surface area contributed by atoms with Crippen LogP contribution >= 0.6 is 0 Å². The lowest BCUT2D eigenvalue weighted by molar-refractivity contribution is -0.138. The third-order valence-corrected chi connectivity index (χ3v) is 6.23. The second kappa shape index (κ2) is 9.77. The van der Waals surface area contributed by atoms with Gasteiger partial charge in [0.15, 0.2) is 0 Å². The summed E-state index contributed by atoms with van der Waals surface area (Å²) >= 11 is 0. The van der Waals surface area contributed by atoms with Gasteiger partial charge in [-0.2, -0.15) is 9.78 Å². The standard InChI is InChI=1S/C23H33N7O2/c1-16-13-17(2)25-23(24-16)30-20(14-18(3)27-30)26-21(31)15-28-11-7-19(8-12-28)22(32)29-9-5-4-6-10-29/h13-14,19H,4-12,15H2,1-3H3,(H,26,31). The quantitative estimate of drug-likeness (QED) is 0.768. The van der Waals surface area contributed by atoms with Crippen molar-refractivity contribution in [2.75, 3.05) is 38.0 Å². The van der Waals surface area contributed by atoms with Crippen LogP contribution in [0.2, 0.25) is 0 Å². The molecule has 0 radical (unpaired) electrons. The monoisotopic (exact) mass is 439 g/mol. The molecule has 4 heterocycles. The number of amides is 2. The van der Waals surface area contributed by atoms with E-state index in [0.717, 1.165) is 68.9 Å². The van der Waals surface area contributed by atoms with E-state index in [-0.39, 0.29) is 11.8 Å². The summed E-state index contributed by atoms with van der Waals surface area (Å²) < 4.78 is 1.58. The van der Waals surface area contributed by atoms with Crippen molar-refractivity contribution in [1.29, 1.82) is 0 Å². The van der Waals surface area contributed by atoms with Crippen LogP contribution in [0.3, 0.4) is 0 Å². The highest BCUT2D eigenvalue weighted by Crippen LogP contribution is 2.22. The molecule has 2 aromatic rings. The van der Waals surface area contributed by atoms with Gasteiger partial charge < -0.3 is 10.2 Å². The Bertz CT molecular complexity index is 952. The minimum Gasteiger partial charge on any atom is -0.342 e. The van der Waals surface area contributed by atoms with Crippen LogP contribution in [0.15, 0.2) is 12.1 Å². The first-order valence-electron chi connectivity index (χ1n) is 11.6. The molecule has 2 amide bonds. The first-order chi connectivity index (χ1) is 15.4. The summed E-state index contributed by atoms with van der Waals surface area (Å²) in [6.45, 7) is 9.31. The first-order valence-corrected chi connectivity index (χ1v) is 11.6. The summed E-state index contributed by atoms with van der Waals surface area (Å²) in [6.07, 6.45) is 5.10. The zero-order chi connectivity index (χ0) is 22.7. The van der Waals surface area contributed by atoms with E-state index in [2.05, 4.69) is 25.3 Å². The molecule has 0 unspecified atom stereocenters. The van der Waals surface area contributed by atoms with Crippen molar-refractivity contribution < 1.29 is 9.59 Å². The lowest BCUT2D eigenvalue weighted by atomic mass is 9.94. The fraction of sp³-hybridized carbons (Fsp3) is 0.609. The number of likely N-dealkylation sites (tertiary alicyclic amines) is 2. The summed E-state index contributed by atoms with van der Waals surface area (Å²) in [5.41, 5.74) is 2.47. The summed E-state index contributed by atoms with van der Waals surface area (Å²) in [5, 5.41) is 7.42. The number of piperidine rings is 2. The van der Waals surface area contributed by atoms with Gasteiger partial charge in [0.25, 0.3) is 5.95 Å². The lowest BCUT2D eigenvalue weighted by Gasteiger charge is -2.35. The molecule has 0 saturated carbocycles. The van der Waals surface area contributed by atoms with Gasteiger partial charge in [0, 0.05) is 36.5 Å². The number of aryl methyl sites for hydroxylation is 3. The first kappa shape index (κ1) is 22.4. The Morgan fingerprint density at radius 1 is 0.938 bits per heavy atom. The molecule has 2 aliphatic rings. The van der Waals surface area contributed by atoms with Crippen LogP contribution in [0.25, 0.3) is 5.95 Å². The van der Waals surface area contributed by atoms with E-state index in [1.165, 1.54) is 6.42 Å². The highest BCUT2D eigenvalue weighted by Gasteiger charge is 2.29. The summed E-state index contributed by atoms with van der Waals surface area (Å²) in [4.78, 5) is 38.6. The SMILES string of the molecule is Cc1cc(C)nc(-n2nc(C)cc2NC(=O)CN2CCC(C(=O)N3CCCCC3)CC2)n1. The van der Waals surface area contributed by atoms with E-state index in [4.69, 9.17) is 0 Å². The van der Waals surface area contributed by atoms with Crippen LogP contribution in [-0.4, -0.2) is 74.1 Å². The number of carbonyl (C=O) groups excluding carboxylic acids is 2. The average Bonchev–Trinajstić information content (AvgIpc) is 3.13. The molecule has 9 nitrogen and oxygen atoms in total. The molecular weight excluding hydrogens is 406 g/mol. The second-order valence-corrected chi connectivity index (χ2v) is 9.02. The van der Waals surface area contributed by atoms with E-state index < -0.39 is 0 Å². The van der Waals surface area contributed by atoms with E-state index in [0.29, 0.717) is 24.2 Å². The maximum absolute atomic E-state index is 12.8. The van der Waals surface area contributed by atoms with Crippen LogP contribution in [-0.2, 0) is 9.59 Å².